The first-order valence-corrected chi connectivity index (χ1v) is 8.58. The summed E-state index contributed by atoms with van der Waals surface area (Å²) in [6, 6.07) is 0. The monoisotopic (exact) mass is 433 g/mol. The molecule has 2 heterocycles. The minimum atomic E-state index is 0. The molecule has 1 saturated heterocycles. The molecule has 130 valence electrons. The van der Waals surface area contributed by atoms with Crippen LogP contribution in [0.1, 0.15) is 44.3 Å². The first-order valence-electron chi connectivity index (χ1n) is 8.58. The van der Waals surface area contributed by atoms with Gasteiger partial charge < -0.3 is 14.7 Å². The van der Waals surface area contributed by atoms with Crippen LogP contribution >= 0.6 is 24.0 Å². The Morgan fingerprint density at radius 3 is 2.57 bits per heavy atom. The largest absolute Gasteiger partial charge is 0.357 e. The van der Waals surface area contributed by atoms with Crippen molar-refractivity contribution < 1.29 is 4.52 Å². The number of nitrogens with zero attached hydrogens (tertiary/aromatic N) is 4. The van der Waals surface area contributed by atoms with Crippen LogP contribution in [0.4, 0.5) is 0 Å². The summed E-state index contributed by atoms with van der Waals surface area (Å²) in [4.78, 5) is 11.4. The Labute approximate surface area is 155 Å². The number of aryl methyl sites for hydroxylation is 1. The number of likely N-dealkylation sites (tertiary alicyclic amines) is 1. The van der Waals surface area contributed by atoms with E-state index in [4.69, 9.17) is 9.52 Å². The summed E-state index contributed by atoms with van der Waals surface area (Å²) < 4.78 is 5.14. The van der Waals surface area contributed by atoms with Gasteiger partial charge in [0, 0.05) is 26.1 Å². The Bertz CT molecular complexity index is 504. The van der Waals surface area contributed by atoms with Gasteiger partial charge in [-0.1, -0.05) is 18.0 Å². The van der Waals surface area contributed by atoms with E-state index in [9.17, 15) is 0 Å². The van der Waals surface area contributed by atoms with Crippen LogP contribution in [-0.4, -0.2) is 47.2 Å². The zero-order chi connectivity index (χ0) is 15.4. The van der Waals surface area contributed by atoms with Crippen LogP contribution < -0.4 is 5.32 Å². The molecule has 2 atom stereocenters. The molecule has 1 N–H and O–H groups in total. The van der Waals surface area contributed by atoms with E-state index in [2.05, 4.69) is 27.3 Å². The molecule has 7 heteroatoms. The van der Waals surface area contributed by atoms with Gasteiger partial charge in [0.2, 0.25) is 5.89 Å². The summed E-state index contributed by atoms with van der Waals surface area (Å²) in [5, 5.41) is 7.25. The van der Waals surface area contributed by atoms with Gasteiger partial charge in [-0.3, -0.25) is 4.99 Å². The van der Waals surface area contributed by atoms with Crippen LogP contribution in [0.5, 0.6) is 0 Å². The minimum Gasteiger partial charge on any atom is -0.357 e. The van der Waals surface area contributed by atoms with Gasteiger partial charge in [0.15, 0.2) is 11.8 Å². The average molecular weight is 433 g/mol. The van der Waals surface area contributed by atoms with Gasteiger partial charge in [0.25, 0.3) is 0 Å². The predicted molar refractivity (Wildman–Crippen MR) is 101 cm³/mol. The summed E-state index contributed by atoms with van der Waals surface area (Å²) in [5.41, 5.74) is 0. The Hall–Kier alpha value is -0.860. The zero-order valence-corrected chi connectivity index (χ0v) is 16.5. The standard InChI is InChI=1S/C16H27N5O.HI/c1-3-17-16(18-9-8-15-19-12(2)20-22-15)21-10-13-6-4-5-7-14(13)11-21;/h13-14H,3-11H2,1-2H3,(H,17,18);1H. The number of guanidine groups is 1. The summed E-state index contributed by atoms with van der Waals surface area (Å²) >= 11 is 0. The van der Waals surface area contributed by atoms with Gasteiger partial charge in [-0.25, -0.2) is 0 Å². The molecular weight excluding hydrogens is 405 g/mol. The SMILES string of the molecule is CCNC(=NCCc1nc(C)no1)N1CC2CCCCC2C1.I. The first-order chi connectivity index (χ1) is 10.8. The Balaban J connectivity index is 0.00000192. The fourth-order valence-electron chi connectivity index (χ4n) is 3.70. The van der Waals surface area contributed by atoms with Crippen molar-refractivity contribution in [2.24, 2.45) is 16.8 Å². The number of halogens is 1. The zero-order valence-electron chi connectivity index (χ0n) is 14.1. The second-order valence-corrected chi connectivity index (χ2v) is 6.43. The molecule has 1 aliphatic carbocycles. The van der Waals surface area contributed by atoms with E-state index >= 15 is 0 Å². The molecule has 2 aliphatic rings. The number of fused-ring (bicyclic) bond motifs is 1. The number of nitrogens with one attached hydrogen (secondary N) is 1. The number of rotatable bonds is 4. The molecule has 6 nitrogen and oxygen atoms in total. The van der Waals surface area contributed by atoms with Crippen molar-refractivity contribution >= 4 is 29.9 Å². The van der Waals surface area contributed by atoms with Gasteiger partial charge in [0.1, 0.15) is 0 Å². The maximum absolute atomic E-state index is 5.14. The molecule has 23 heavy (non-hydrogen) atoms. The van der Waals surface area contributed by atoms with E-state index in [0.29, 0.717) is 24.7 Å². The van der Waals surface area contributed by atoms with E-state index < -0.39 is 0 Å². The normalized spacial score (nSPS) is 24.3. The fraction of sp³-hybridized carbons (Fsp3) is 0.812. The average Bonchev–Trinajstić information content (AvgIpc) is 3.12. The smallest absolute Gasteiger partial charge is 0.228 e. The number of hydrogen-bond acceptors (Lipinski definition) is 4. The van der Waals surface area contributed by atoms with Crippen molar-refractivity contribution in [1.82, 2.24) is 20.4 Å². The van der Waals surface area contributed by atoms with Gasteiger partial charge in [-0.15, -0.1) is 24.0 Å². The summed E-state index contributed by atoms with van der Waals surface area (Å²) in [7, 11) is 0. The lowest BCUT2D eigenvalue weighted by atomic mass is 9.82. The third-order valence-electron chi connectivity index (χ3n) is 4.77. The van der Waals surface area contributed by atoms with Crippen LogP contribution in [-0.2, 0) is 6.42 Å². The van der Waals surface area contributed by atoms with Crippen LogP contribution in [0.3, 0.4) is 0 Å². The molecule has 1 aromatic rings. The molecule has 2 unspecified atom stereocenters. The van der Waals surface area contributed by atoms with Gasteiger partial charge in [-0.2, -0.15) is 4.98 Å². The van der Waals surface area contributed by atoms with E-state index in [1.54, 1.807) is 0 Å². The second kappa shape index (κ2) is 8.84. The quantitative estimate of drug-likeness (QED) is 0.449. The highest BCUT2D eigenvalue weighted by Gasteiger charge is 2.35. The summed E-state index contributed by atoms with van der Waals surface area (Å²) in [5.74, 6) is 4.15. The molecule has 1 aromatic heterocycles. The van der Waals surface area contributed by atoms with E-state index in [1.165, 1.54) is 25.7 Å². The fourth-order valence-corrected chi connectivity index (χ4v) is 3.70. The van der Waals surface area contributed by atoms with E-state index in [1.807, 2.05) is 6.92 Å². The highest BCUT2D eigenvalue weighted by atomic mass is 127. The number of hydrogen-bond donors (Lipinski definition) is 1. The maximum Gasteiger partial charge on any atom is 0.228 e. The molecule has 0 aromatic carbocycles. The molecule has 0 radical (unpaired) electrons. The lowest BCUT2D eigenvalue weighted by Gasteiger charge is -2.22. The molecule has 1 saturated carbocycles. The van der Waals surface area contributed by atoms with Gasteiger partial charge in [0.05, 0.1) is 6.54 Å². The van der Waals surface area contributed by atoms with Crippen molar-refractivity contribution in [2.45, 2.75) is 46.0 Å². The van der Waals surface area contributed by atoms with Crippen molar-refractivity contribution in [3.8, 4) is 0 Å². The Morgan fingerprint density at radius 2 is 2.00 bits per heavy atom. The number of aromatic nitrogens is 2. The van der Waals surface area contributed by atoms with Crippen LogP contribution in [0.25, 0.3) is 0 Å². The Kier molecular flexibility index (Phi) is 7.10. The van der Waals surface area contributed by atoms with Crippen molar-refractivity contribution in [3.63, 3.8) is 0 Å². The molecule has 3 rings (SSSR count). The third-order valence-corrected chi connectivity index (χ3v) is 4.77. The molecule has 1 aliphatic heterocycles. The maximum atomic E-state index is 5.14. The highest BCUT2D eigenvalue weighted by Crippen LogP contribution is 2.35. The summed E-state index contributed by atoms with van der Waals surface area (Å²) in [6.45, 7) is 7.89. The van der Waals surface area contributed by atoms with Gasteiger partial charge in [-0.05, 0) is 38.5 Å². The lowest BCUT2D eigenvalue weighted by molar-refractivity contribution is 0.299. The van der Waals surface area contributed by atoms with Crippen molar-refractivity contribution in [2.75, 3.05) is 26.2 Å². The van der Waals surface area contributed by atoms with E-state index in [0.717, 1.165) is 37.4 Å². The highest BCUT2D eigenvalue weighted by molar-refractivity contribution is 14.0. The Morgan fingerprint density at radius 1 is 1.30 bits per heavy atom. The molecule has 0 amide bonds. The molecular formula is C16H28IN5O. The van der Waals surface area contributed by atoms with Crippen LogP contribution in [0.15, 0.2) is 9.52 Å². The second-order valence-electron chi connectivity index (χ2n) is 6.43. The first kappa shape index (κ1) is 18.5. The predicted octanol–water partition coefficient (Wildman–Crippen LogP) is 2.63. The third kappa shape index (κ3) is 4.81. The number of aliphatic imine (C=N–C) groups is 1. The van der Waals surface area contributed by atoms with Gasteiger partial charge >= 0.3 is 0 Å². The molecule has 0 bridgehead atoms. The minimum absolute atomic E-state index is 0. The van der Waals surface area contributed by atoms with Crippen LogP contribution in [0, 0.1) is 18.8 Å². The van der Waals surface area contributed by atoms with Crippen LogP contribution in [0.2, 0.25) is 0 Å². The van der Waals surface area contributed by atoms with Crippen molar-refractivity contribution in [3.05, 3.63) is 11.7 Å². The van der Waals surface area contributed by atoms with Crippen molar-refractivity contribution in [1.29, 1.82) is 0 Å². The molecule has 0 spiro atoms. The molecule has 2 fully saturated rings. The lowest BCUT2D eigenvalue weighted by Crippen LogP contribution is -2.40. The summed E-state index contributed by atoms with van der Waals surface area (Å²) in [6.07, 6.45) is 6.29. The topological polar surface area (TPSA) is 66.5 Å². The van der Waals surface area contributed by atoms with E-state index in [-0.39, 0.29) is 24.0 Å².